The zero-order valence-corrected chi connectivity index (χ0v) is 10.8. The van der Waals surface area contributed by atoms with Gasteiger partial charge in [0, 0.05) is 25.7 Å². The summed E-state index contributed by atoms with van der Waals surface area (Å²) in [7, 11) is -0.413. The number of hydrogen-bond donors (Lipinski definition) is 0. The van der Waals surface area contributed by atoms with Gasteiger partial charge in [-0.2, -0.15) is 0 Å². The normalized spacial score (nSPS) is 12.2. The van der Waals surface area contributed by atoms with Crippen LogP contribution >= 0.6 is 0 Å². The van der Waals surface area contributed by atoms with Gasteiger partial charge in [-0.05, 0) is 24.6 Å². The van der Waals surface area contributed by atoms with Gasteiger partial charge in [0.05, 0.1) is 5.52 Å². The molecule has 90 valence electrons. The maximum Gasteiger partial charge on any atom is 0.244 e. The van der Waals surface area contributed by atoms with Gasteiger partial charge < -0.3 is 0 Å². The number of aromatic nitrogens is 1. The zero-order valence-electron chi connectivity index (χ0n) is 10.0. The lowest BCUT2D eigenvalue weighted by molar-refractivity contribution is 0.521. The molecule has 4 nitrogen and oxygen atoms in total. The molecule has 0 radical (unpaired) electrons. The lowest BCUT2D eigenvalue weighted by atomic mass is 10.2. The number of hydrogen-bond acceptors (Lipinski definition) is 3. The second kappa shape index (κ2) is 4.09. The summed E-state index contributed by atoms with van der Waals surface area (Å²) in [6.45, 7) is 1.93. The fraction of sp³-hybridized carbons (Fsp3) is 0.250. The summed E-state index contributed by atoms with van der Waals surface area (Å²) >= 11 is 0. The highest BCUT2D eigenvalue weighted by molar-refractivity contribution is 7.89. The summed E-state index contributed by atoms with van der Waals surface area (Å²) < 4.78 is 25.4. The van der Waals surface area contributed by atoms with Crippen LogP contribution in [0.2, 0.25) is 0 Å². The number of benzene rings is 1. The Bertz CT molecular complexity index is 663. The van der Waals surface area contributed by atoms with Crippen molar-refractivity contribution in [2.45, 2.75) is 11.8 Å². The van der Waals surface area contributed by atoms with Crippen molar-refractivity contribution in [2.75, 3.05) is 14.1 Å². The van der Waals surface area contributed by atoms with E-state index in [-0.39, 0.29) is 4.90 Å². The quantitative estimate of drug-likeness (QED) is 0.816. The average Bonchev–Trinajstić information content (AvgIpc) is 2.27. The minimum Gasteiger partial charge on any atom is -0.255 e. The van der Waals surface area contributed by atoms with Gasteiger partial charge in [-0.3, -0.25) is 4.98 Å². The van der Waals surface area contributed by atoms with Gasteiger partial charge in [0.15, 0.2) is 0 Å². The SMILES string of the molecule is Cc1cnc2c(S(=O)(=O)N(C)C)cccc2c1. The molecule has 17 heavy (non-hydrogen) atoms. The van der Waals surface area contributed by atoms with E-state index in [0.717, 1.165) is 10.9 Å². The van der Waals surface area contributed by atoms with Crippen molar-refractivity contribution < 1.29 is 8.42 Å². The lowest BCUT2D eigenvalue weighted by Gasteiger charge is -2.12. The molecule has 0 atom stereocenters. The second-order valence-corrected chi connectivity index (χ2v) is 6.25. The Labute approximate surface area is 101 Å². The fourth-order valence-corrected chi connectivity index (χ4v) is 2.71. The molecule has 0 unspecified atom stereocenters. The topological polar surface area (TPSA) is 50.3 Å². The summed E-state index contributed by atoms with van der Waals surface area (Å²) in [5.74, 6) is 0. The minimum atomic E-state index is -3.45. The second-order valence-electron chi connectivity index (χ2n) is 4.13. The zero-order chi connectivity index (χ0) is 12.6. The Morgan fingerprint density at radius 2 is 1.94 bits per heavy atom. The largest absolute Gasteiger partial charge is 0.255 e. The maximum absolute atomic E-state index is 12.1. The fourth-order valence-electron chi connectivity index (χ4n) is 1.65. The molecule has 1 heterocycles. The molecular weight excluding hydrogens is 236 g/mol. The Morgan fingerprint density at radius 1 is 1.24 bits per heavy atom. The standard InChI is InChI=1S/C12H14N2O2S/c1-9-7-10-5-4-6-11(12(10)13-8-9)17(15,16)14(2)3/h4-8H,1-3H3. The number of para-hydroxylation sites is 1. The van der Waals surface area contributed by atoms with Crippen molar-refractivity contribution in [3.05, 3.63) is 36.0 Å². The van der Waals surface area contributed by atoms with Gasteiger partial charge in [-0.1, -0.05) is 12.1 Å². The number of nitrogens with zero attached hydrogens (tertiary/aromatic N) is 2. The first-order valence-corrected chi connectivity index (χ1v) is 6.65. The Hall–Kier alpha value is -1.46. The third-order valence-electron chi connectivity index (χ3n) is 2.57. The van der Waals surface area contributed by atoms with Gasteiger partial charge in [0.2, 0.25) is 10.0 Å². The number of aryl methyl sites for hydroxylation is 1. The van der Waals surface area contributed by atoms with Gasteiger partial charge in [-0.15, -0.1) is 0 Å². The minimum absolute atomic E-state index is 0.250. The van der Waals surface area contributed by atoms with E-state index in [1.165, 1.54) is 18.4 Å². The van der Waals surface area contributed by atoms with Crippen LogP contribution in [0, 0.1) is 6.92 Å². The number of pyridine rings is 1. The Kier molecular flexibility index (Phi) is 2.89. The highest BCUT2D eigenvalue weighted by Gasteiger charge is 2.20. The molecule has 0 amide bonds. The lowest BCUT2D eigenvalue weighted by Crippen LogP contribution is -2.22. The first-order chi connectivity index (χ1) is 7.93. The van der Waals surface area contributed by atoms with E-state index in [1.54, 1.807) is 18.3 Å². The number of sulfonamides is 1. The van der Waals surface area contributed by atoms with Crippen LogP contribution in [0.5, 0.6) is 0 Å². The van der Waals surface area contributed by atoms with Crippen molar-refractivity contribution in [3.63, 3.8) is 0 Å². The molecule has 1 aromatic heterocycles. The number of fused-ring (bicyclic) bond motifs is 1. The van der Waals surface area contributed by atoms with Crippen LogP contribution in [0.25, 0.3) is 10.9 Å². The van der Waals surface area contributed by atoms with Crippen LogP contribution in [0.1, 0.15) is 5.56 Å². The third-order valence-corrected chi connectivity index (χ3v) is 4.42. The van der Waals surface area contributed by atoms with Gasteiger partial charge in [-0.25, -0.2) is 12.7 Å². The van der Waals surface area contributed by atoms with Crippen molar-refractivity contribution in [1.29, 1.82) is 0 Å². The molecule has 2 rings (SSSR count). The molecule has 2 aromatic rings. The first kappa shape index (κ1) is 12.0. The summed E-state index contributed by atoms with van der Waals surface area (Å²) in [6.07, 6.45) is 1.68. The molecule has 1 aromatic carbocycles. The molecule has 0 aliphatic rings. The molecule has 0 aliphatic carbocycles. The van der Waals surface area contributed by atoms with Crippen LogP contribution in [0.15, 0.2) is 35.4 Å². The van der Waals surface area contributed by atoms with Crippen molar-refractivity contribution in [1.82, 2.24) is 9.29 Å². The van der Waals surface area contributed by atoms with E-state index in [9.17, 15) is 8.42 Å². The molecule has 0 bridgehead atoms. The van der Waals surface area contributed by atoms with Crippen molar-refractivity contribution in [3.8, 4) is 0 Å². The molecule has 0 N–H and O–H groups in total. The summed E-state index contributed by atoms with van der Waals surface area (Å²) in [5, 5.41) is 0.841. The first-order valence-electron chi connectivity index (χ1n) is 5.21. The molecule has 5 heteroatoms. The average molecular weight is 250 g/mol. The van der Waals surface area contributed by atoms with Crippen molar-refractivity contribution in [2.24, 2.45) is 0 Å². The van der Waals surface area contributed by atoms with E-state index in [4.69, 9.17) is 0 Å². The maximum atomic E-state index is 12.1. The highest BCUT2D eigenvalue weighted by Crippen LogP contribution is 2.23. The Balaban J connectivity index is 2.80. The van der Waals surface area contributed by atoms with E-state index in [2.05, 4.69) is 4.98 Å². The number of rotatable bonds is 2. The monoisotopic (exact) mass is 250 g/mol. The molecular formula is C12H14N2O2S. The molecule has 0 fully saturated rings. The van der Waals surface area contributed by atoms with Gasteiger partial charge in [0.25, 0.3) is 0 Å². The van der Waals surface area contributed by atoms with Crippen LogP contribution in [0.4, 0.5) is 0 Å². The molecule has 0 spiro atoms. The summed E-state index contributed by atoms with van der Waals surface area (Å²) in [4.78, 5) is 4.47. The molecule has 0 saturated carbocycles. The Morgan fingerprint density at radius 3 is 2.59 bits per heavy atom. The van der Waals surface area contributed by atoms with Crippen molar-refractivity contribution >= 4 is 20.9 Å². The molecule has 0 aliphatic heterocycles. The molecule has 0 saturated heterocycles. The highest BCUT2D eigenvalue weighted by atomic mass is 32.2. The summed E-state index contributed by atoms with van der Waals surface area (Å²) in [5.41, 5.74) is 1.53. The van der Waals surface area contributed by atoms with Crippen LogP contribution < -0.4 is 0 Å². The van der Waals surface area contributed by atoms with E-state index < -0.39 is 10.0 Å². The van der Waals surface area contributed by atoms with Gasteiger partial charge in [0.1, 0.15) is 4.90 Å². The predicted octanol–water partition coefficient (Wildman–Crippen LogP) is 1.79. The summed E-state index contributed by atoms with van der Waals surface area (Å²) in [6, 6.07) is 7.11. The van der Waals surface area contributed by atoms with E-state index in [0.29, 0.717) is 5.52 Å². The van der Waals surface area contributed by atoms with Crippen LogP contribution in [-0.4, -0.2) is 31.8 Å². The third kappa shape index (κ3) is 2.03. The smallest absolute Gasteiger partial charge is 0.244 e. The van der Waals surface area contributed by atoms with Crippen LogP contribution in [0.3, 0.4) is 0 Å². The van der Waals surface area contributed by atoms with E-state index in [1.807, 2.05) is 19.1 Å². The van der Waals surface area contributed by atoms with Gasteiger partial charge >= 0.3 is 0 Å². The van der Waals surface area contributed by atoms with Crippen LogP contribution in [-0.2, 0) is 10.0 Å². The predicted molar refractivity (Wildman–Crippen MR) is 67.4 cm³/mol. The van der Waals surface area contributed by atoms with E-state index >= 15 is 0 Å².